The van der Waals surface area contributed by atoms with Crippen LogP contribution in [-0.4, -0.2) is 30.6 Å². The molecule has 7 heteroatoms. The van der Waals surface area contributed by atoms with Gasteiger partial charge in [-0.2, -0.15) is 0 Å². The normalized spacial score (nSPS) is 11.9. The molecule has 1 unspecified atom stereocenters. The molecule has 0 aliphatic heterocycles. The van der Waals surface area contributed by atoms with Crippen molar-refractivity contribution in [3.8, 4) is 11.5 Å². The molecule has 0 bridgehead atoms. The second kappa shape index (κ2) is 9.75. The number of carbonyl (C=O) groups is 1. The molecular formula is C17H26N2O5. The first-order chi connectivity index (χ1) is 11.3. The third-order valence-electron chi connectivity index (χ3n) is 3.54. The van der Waals surface area contributed by atoms with E-state index in [-0.39, 0.29) is 30.0 Å². The maximum Gasteiger partial charge on any atom is 0.273 e. The number of benzene rings is 1. The van der Waals surface area contributed by atoms with Crippen molar-refractivity contribution in [2.24, 2.45) is 5.92 Å². The summed E-state index contributed by atoms with van der Waals surface area (Å²) in [4.78, 5) is 22.2. The lowest BCUT2D eigenvalue weighted by Gasteiger charge is -2.15. The first-order valence-electron chi connectivity index (χ1n) is 8.08. The summed E-state index contributed by atoms with van der Waals surface area (Å²) in [5, 5.41) is 13.7. The molecule has 1 N–H and O–H groups in total. The van der Waals surface area contributed by atoms with Gasteiger partial charge in [-0.3, -0.25) is 14.9 Å². The lowest BCUT2D eigenvalue weighted by molar-refractivity contribution is -0.385. The van der Waals surface area contributed by atoms with Crippen molar-refractivity contribution in [3.05, 3.63) is 28.3 Å². The van der Waals surface area contributed by atoms with E-state index in [1.54, 1.807) is 0 Å². The third-order valence-corrected chi connectivity index (χ3v) is 3.54. The Labute approximate surface area is 142 Å². The van der Waals surface area contributed by atoms with Gasteiger partial charge in [0.1, 0.15) is 0 Å². The molecule has 0 aliphatic carbocycles. The summed E-state index contributed by atoms with van der Waals surface area (Å²) in [5.74, 6) is 0.908. The van der Waals surface area contributed by atoms with E-state index in [1.165, 1.54) is 25.3 Å². The Bertz CT molecular complexity index is 560. The number of nitrogens with one attached hydrogen (secondary N) is 1. The molecule has 0 aliphatic rings. The monoisotopic (exact) mass is 338 g/mol. The maximum atomic E-state index is 11.9. The number of nitro benzene ring substituents is 1. The van der Waals surface area contributed by atoms with Gasteiger partial charge in [-0.05, 0) is 25.3 Å². The minimum absolute atomic E-state index is 0.0619. The number of hydrogen-bond donors (Lipinski definition) is 1. The number of non-ortho nitro benzene ring substituents is 1. The molecule has 24 heavy (non-hydrogen) atoms. The highest BCUT2D eigenvalue weighted by atomic mass is 16.6. The number of carbonyl (C=O) groups excluding carboxylic acids is 1. The summed E-state index contributed by atoms with van der Waals surface area (Å²) in [6.07, 6.45) is 3.09. The van der Waals surface area contributed by atoms with E-state index >= 15 is 0 Å². The van der Waals surface area contributed by atoms with Crippen LogP contribution in [0.1, 0.15) is 40.0 Å². The van der Waals surface area contributed by atoms with Gasteiger partial charge in [-0.1, -0.05) is 26.7 Å². The molecule has 0 radical (unpaired) electrons. The van der Waals surface area contributed by atoms with Crippen molar-refractivity contribution in [1.82, 2.24) is 5.32 Å². The molecule has 134 valence electrons. The number of amides is 1. The van der Waals surface area contributed by atoms with Gasteiger partial charge in [0.15, 0.2) is 18.1 Å². The number of nitrogens with zero attached hydrogens (tertiary/aromatic N) is 1. The molecule has 1 aromatic carbocycles. The Morgan fingerprint density at radius 2 is 1.96 bits per heavy atom. The van der Waals surface area contributed by atoms with Crippen LogP contribution < -0.4 is 14.8 Å². The largest absolute Gasteiger partial charge is 0.493 e. The predicted molar refractivity (Wildman–Crippen MR) is 91.4 cm³/mol. The minimum atomic E-state index is -0.525. The van der Waals surface area contributed by atoms with Gasteiger partial charge in [0.05, 0.1) is 18.1 Å². The van der Waals surface area contributed by atoms with E-state index in [0.29, 0.717) is 11.7 Å². The van der Waals surface area contributed by atoms with Gasteiger partial charge < -0.3 is 14.8 Å². The number of hydrogen-bond acceptors (Lipinski definition) is 5. The van der Waals surface area contributed by atoms with E-state index in [9.17, 15) is 14.9 Å². The maximum absolute atomic E-state index is 11.9. The lowest BCUT2D eigenvalue weighted by atomic mass is 10.0. The zero-order valence-electron chi connectivity index (χ0n) is 14.7. The summed E-state index contributed by atoms with van der Waals surface area (Å²) in [6, 6.07) is 4.08. The average Bonchev–Trinajstić information content (AvgIpc) is 2.52. The van der Waals surface area contributed by atoms with Gasteiger partial charge in [0.25, 0.3) is 11.6 Å². The van der Waals surface area contributed by atoms with Crippen molar-refractivity contribution in [1.29, 1.82) is 0 Å². The quantitative estimate of drug-likeness (QED) is 0.522. The summed E-state index contributed by atoms with van der Waals surface area (Å²) in [5.41, 5.74) is -0.117. The van der Waals surface area contributed by atoms with Gasteiger partial charge in [-0.15, -0.1) is 0 Å². The molecule has 7 nitrogen and oxygen atoms in total. The van der Waals surface area contributed by atoms with Crippen LogP contribution in [0.15, 0.2) is 18.2 Å². The third kappa shape index (κ3) is 6.85. The average molecular weight is 338 g/mol. The van der Waals surface area contributed by atoms with Crippen molar-refractivity contribution in [3.63, 3.8) is 0 Å². The van der Waals surface area contributed by atoms with Crippen molar-refractivity contribution < 1.29 is 19.2 Å². The summed E-state index contributed by atoms with van der Waals surface area (Å²) in [7, 11) is 1.44. The molecule has 1 rings (SSSR count). The molecule has 1 atom stereocenters. The zero-order chi connectivity index (χ0) is 18.1. The highest BCUT2D eigenvalue weighted by Crippen LogP contribution is 2.31. The van der Waals surface area contributed by atoms with Crippen molar-refractivity contribution in [2.75, 3.05) is 13.7 Å². The molecule has 0 heterocycles. The van der Waals surface area contributed by atoms with Crippen LogP contribution in [0.25, 0.3) is 0 Å². The molecule has 0 saturated heterocycles. The van der Waals surface area contributed by atoms with Crippen molar-refractivity contribution in [2.45, 2.75) is 46.1 Å². The lowest BCUT2D eigenvalue weighted by Crippen LogP contribution is -2.36. The van der Waals surface area contributed by atoms with Gasteiger partial charge >= 0.3 is 0 Å². The SMILES string of the molecule is COc1ccc([N+](=O)[O-])cc1OCC(=O)NC(C)CCCC(C)C. The summed E-state index contributed by atoms with van der Waals surface area (Å²) in [6.45, 7) is 6.07. The Morgan fingerprint density at radius 3 is 2.54 bits per heavy atom. The fourth-order valence-electron chi connectivity index (χ4n) is 2.26. The fourth-order valence-corrected chi connectivity index (χ4v) is 2.26. The van der Waals surface area contributed by atoms with E-state index < -0.39 is 4.92 Å². The standard InChI is InChI=1S/C17H26N2O5/c1-12(2)6-5-7-13(3)18-17(20)11-24-16-10-14(19(21)22)8-9-15(16)23-4/h8-10,12-13H,5-7,11H2,1-4H3,(H,18,20). The first kappa shape index (κ1) is 19.7. The topological polar surface area (TPSA) is 90.7 Å². The molecular weight excluding hydrogens is 312 g/mol. The van der Waals surface area contributed by atoms with Crippen LogP contribution in [0.3, 0.4) is 0 Å². The van der Waals surface area contributed by atoms with E-state index in [0.717, 1.165) is 19.3 Å². The van der Waals surface area contributed by atoms with E-state index in [4.69, 9.17) is 9.47 Å². The van der Waals surface area contributed by atoms with Gasteiger partial charge in [0, 0.05) is 12.1 Å². The fraction of sp³-hybridized carbons (Fsp3) is 0.588. The Kier molecular flexibility index (Phi) is 8.01. The second-order valence-corrected chi connectivity index (χ2v) is 6.17. The Morgan fingerprint density at radius 1 is 1.25 bits per heavy atom. The van der Waals surface area contributed by atoms with E-state index in [2.05, 4.69) is 19.2 Å². The number of methoxy groups -OCH3 is 1. The summed E-state index contributed by atoms with van der Waals surface area (Å²) >= 11 is 0. The molecule has 1 aromatic rings. The predicted octanol–water partition coefficient (Wildman–Crippen LogP) is 3.31. The zero-order valence-corrected chi connectivity index (χ0v) is 14.7. The molecule has 0 saturated carbocycles. The minimum Gasteiger partial charge on any atom is -0.493 e. The van der Waals surface area contributed by atoms with Crippen LogP contribution in [0.4, 0.5) is 5.69 Å². The molecule has 1 amide bonds. The number of nitro groups is 1. The van der Waals surface area contributed by atoms with Gasteiger partial charge in [0.2, 0.25) is 0 Å². The van der Waals surface area contributed by atoms with Crippen LogP contribution in [-0.2, 0) is 4.79 Å². The second-order valence-electron chi connectivity index (χ2n) is 6.17. The highest BCUT2D eigenvalue weighted by molar-refractivity contribution is 5.77. The number of rotatable bonds is 10. The van der Waals surface area contributed by atoms with Crippen LogP contribution in [0, 0.1) is 16.0 Å². The number of ether oxygens (including phenoxy) is 2. The van der Waals surface area contributed by atoms with Crippen molar-refractivity contribution >= 4 is 11.6 Å². The van der Waals surface area contributed by atoms with E-state index in [1.807, 2.05) is 6.92 Å². The van der Waals surface area contributed by atoms with Crippen LogP contribution >= 0.6 is 0 Å². The molecule has 0 spiro atoms. The highest BCUT2D eigenvalue weighted by Gasteiger charge is 2.14. The molecule has 0 fully saturated rings. The van der Waals surface area contributed by atoms with Crippen LogP contribution in [0.2, 0.25) is 0 Å². The summed E-state index contributed by atoms with van der Waals surface area (Å²) < 4.78 is 10.5. The first-order valence-corrected chi connectivity index (χ1v) is 8.08. The Hall–Kier alpha value is -2.31. The van der Waals surface area contributed by atoms with Gasteiger partial charge in [-0.25, -0.2) is 0 Å². The molecule has 0 aromatic heterocycles. The smallest absolute Gasteiger partial charge is 0.273 e. The Balaban J connectivity index is 2.51. The van der Waals surface area contributed by atoms with Crippen LogP contribution in [0.5, 0.6) is 11.5 Å².